The van der Waals surface area contributed by atoms with Gasteiger partial charge in [-0.05, 0) is 47.9 Å². The molecule has 0 bridgehead atoms. The van der Waals surface area contributed by atoms with Crippen LogP contribution in [0, 0.1) is 27.7 Å². The number of rotatable bonds is 1. The minimum absolute atomic E-state index is 0. The third kappa shape index (κ3) is 12.1. The van der Waals surface area contributed by atoms with Crippen molar-refractivity contribution in [1.82, 2.24) is 0 Å². The standard InChI is InChI=1S/2C11H16O.C7H8S.2ClH.Ti/c2*1-8-5-6-10(12)9(7-8)11(2,3)4;1-5-4-6(2)8-7(5)3;;;/h2*5-7,12H,1-4H3;1,4H,2-3H3;2*1H;. The van der Waals surface area contributed by atoms with Crippen molar-refractivity contribution in [2.45, 2.75) is 80.1 Å². The van der Waals surface area contributed by atoms with Gasteiger partial charge in [0.1, 0.15) is 11.5 Å². The van der Waals surface area contributed by atoms with Crippen molar-refractivity contribution in [3.63, 3.8) is 0 Å². The van der Waals surface area contributed by atoms with Crippen molar-refractivity contribution >= 4 is 40.5 Å². The van der Waals surface area contributed by atoms with Gasteiger partial charge in [-0.1, -0.05) is 76.9 Å². The molecule has 0 unspecified atom stereocenters. The van der Waals surface area contributed by atoms with Crippen LogP contribution in [0.1, 0.15) is 79.1 Å². The fourth-order valence-electron chi connectivity index (χ4n) is 3.29. The maximum atomic E-state index is 9.57. The summed E-state index contributed by atoms with van der Waals surface area (Å²) in [6.45, 7) is 21.0. The Balaban J connectivity index is 0. The van der Waals surface area contributed by atoms with Crippen LogP contribution in [0.15, 0.2) is 42.5 Å². The fraction of sp³-hybridized carbons (Fsp3) is 0.414. The van der Waals surface area contributed by atoms with Gasteiger partial charge in [0.25, 0.3) is 0 Å². The summed E-state index contributed by atoms with van der Waals surface area (Å²) in [5, 5.41) is 19.1. The van der Waals surface area contributed by atoms with Crippen molar-refractivity contribution in [1.29, 1.82) is 0 Å². The normalized spacial score (nSPS) is 10.4. The van der Waals surface area contributed by atoms with Gasteiger partial charge in [0.05, 0.1) is 0 Å². The second kappa shape index (κ2) is 15.2. The summed E-state index contributed by atoms with van der Waals surface area (Å²) in [5.74, 6) is 0.793. The van der Waals surface area contributed by atoms with E-state index in [1.54, 1.807) is 12.1 Å². The Morgan fingerprint density at radius 2 is 1.06 bits per heavy atom. The molecule has 0 radical (unpaired) electrons. The van der Waals surface area contributed by atoms with Crippen molar-refractivity contribution in [2.75, 3.05) is 0 Å². The minimum Gasteiger partial charge on any atom is -0.508 e. The number of hydrogen-bond acceptors (Lipinski definition) is 3. The molecule has 1 aromatic heterocycles. The molecule has 0 saturated carbocycles. The van der Waals surface area contributed by atoms with Crippen LogP contribution in [0.3, 0.4) is 0 Å². The second-order valence-corrected chi connectivity index (χ2v) is 12.5. The topological polar surface area (TPSA) is 40.5 Å². The molecule has 0 spiro atoms. The van der Waals surface area contributed by atoms with Crippen LogP contribution in [-0.4, -0.2) is 14.5 Å². The van der Waals surface area contributed by atoms with E-state index in [2.05, 4.69) is 85.7 Å². The zero-order chi connectivity index (χ0) is 25.6. The molecule has 0 aliphatic carbocycles. The molecule has 2 aromatic carbocycles. The van der Waals surface area contributed by atoms with E-state index in [4.69, 9.17) is 0 Å². The Labute approximate surface area is 240 Å². The first-order chi connectivity index (χ1) is 15.1. The van der Waals surface area contributed by atoms with Crippen molar-refractivity contribution in [2.24, 2.45) is 0 Å². The predicted octanol–water partition coefficient (Wildman–Crippen LogP) is 8.90. The fourth-order valence-corrected chi connectivity index (χ4v) is 4.83. The molecule has 3 aromatic rings. The van der Waals surface area contributed by atoms with Gasteiger partial charge < -0.3 is 10.2 Å². The first-order valence-electron chi connectivity index (χ1n) is 11.2. The minimum atomic E-state index is 0. The van der Waals surface area contributed by atoms with Gasteiger partial charge in [-0.25, -0.2) is 0 Å². The van der Waals surface area contributed by atoms with Gasteiger partial charge >= 0.3 is 70.9 Å². The van der Waals surface area contributed by atoms with Crippen LogP contribution in [0.4, 0.5) is 0 Å². The summed E-state index contributed by atoms with van der Waals surface area (Å²) in [7, 11) is 0. The van der Waals surface area contributed by atoms with Crippen molar-refractivity contribution in [3.05, 3.63) is 80.0 Å². The number of aryl methyl sites for hydroxylation is 4. The molecule has 35 heavy (non-hydrogen) atoms. The average Bonchev–Trinajstić information content (AvgIpc) is 3.02. The molecule has 0 aliphatic heterocycles. The molecular weight excluding hydrogens is 531 g/mol. The van der Waals surface area contributed by atoms with E-state index in [9.17, 15) is 10.2 Å². The van der Waals surface area contributed by atoms with Crippen molar-refractivity contribution < 1.29 is 30.2 Å². The van der Waals surface area contributed by atoms with Gasteiger partial charge in [0.2, 0.25) is 0 Å². The number of phenols is 2. The number of phenolic OH excluding ortho intramolecular Hbond substituents is 2. The quantitative estimate of drug-likeness (QED) is 0.286. The number of halogens is 2. The van der Waals surface area contributed by atoms with Gasteiger partial charge in [0, 0.05) is 0 Å². The number of hydrogen-bond donors (Lipinski definition) is 2. The van der Waals surface area contributed by atoms with E-state index in [0.717, 1.165) is 11.1 Å². The van der Waals surface area contributed by atoms with Crippen LogP contribution in [0.2, 0.25) is 0 Å². The molecule has 0 saturated heterocycles. The predicted molar refractivity (Wildman–Crippen MR) is 157 cm³/mol. The zero-order valence-corrected chi connectivity index (χ0v) is 26.7. The molecule has 1 heterocycles. The van der Waals surface area contributed by atoms with Crippen LogP contribution >= 0.6 is 36.2 Å². The third-order valence-electron chi connectivity index (χ3n) is 5.16. The van der Waals surface area contributed by atoms with E-state index < -0.39 is 0 Å². The third-order valence-corrected chi connectivity index (χ3v) is 6.62. The van der Waals surface area contributed by atoms with Gasteiger partial charge in [-0.3, -0.25) is 0 Å². The largest absolute Gasteiger partial charge is 0.508 e. The van der Waals surface area contributed by atoms with E-state index >= 15 is 0 Å². The Hall–Kier alpha value is -1.10. The maximum Gasteiger partial charge on any atom is 0.119 e. The van der Waals surface area contributed by atoms with Crippen molar-refractivity contribution in [3.8, 4) is 11.5 Å². The SMILES string of the molecule is Cc1cc([CH]=[Ti])c(C)s1.Cc1ccc(O)c(C(C)(C)C)c1.Cc1ccc(O)c(C(C)(C)C)c1.Cl.Cl. The Kier molecular flexibility index (Phi) is 15.7. The summed E-state index contributed by atoms with van der Waals surface area (Å²) in [4.78, 5) is 2.83. The monoisotopic (exact) mass is 572 g/mol. The Morgan fingerprint density at radius 1 is 0.686 bits per heavy atom. The molecule has 0 atom stereocenters. The molecule has 0 aliphatic rings. The van der Waals surface area contributed by atoms with Gasteiger partial charge in [-0.2, -0.15) is 0 Å². The average molecular weight is 573 g/mol. The van der Waals surface area contributed by atoms with Gasteiger partial charge in [-0.15, -0.1) is 24.8 Å². The molecular formula is C29H42Cl2O2STi. The number of benzene rings is 2. The molecule has 194 valence electrons. The van der Waals surface area contributed by atoms with Gasteiger partial charge in [0.15, 0.2) is 0 Å². The molecule has 2 nitrogen and oxygen atoms in total. The van der Waals surface area contributed by atoms with Crippen LogP contribution in [0.25, 0.3) is 0 Å². The Morgan fingerprint density at radius 3 is 1.26 bits per heavy atom. The van der Waals surface area contributed by atoms with E-state index in [1.807, 2.05) is 49.4 Å². The maximum absolute atomic E-state index is 9.57. The second-order valence-electron chi connectivity index (χ2n) is 10.6. The first kappa shape index (κ1) is 36.1. The summed E-state index contributed by atoms with van der Waals surface area (Å²) in [5.41, 5.74) is 5.85. The van der Waals surface area contributed by atoms with Crippen LogP contribution in [0.5, 0.6) is 11.5 Å². The number of thiophene rings is 1. The first-order valence-corrected chi connectivity index (χ1v) is 13.0. The van der Waals surface area contributed by atoms with E-state index in [1.165, 1.54) is 26.4 Å². The Bertz CT molecular complexity index is 1020. The number of aromatic hydroxyl groups is 2. The zero-order valence-electron chi connectivity index (χ0n) is 22.7. The van der Waals surface area contributed by atoms with E-state index in [-0.39, 0.29) is 35.6 Å². The summed E-state index contributed by atoms with van der Waals surface area (Å²) in [6, 6.07) is 13.7. The van der Waals surface area contributed by atoms with Crippen LogP contribution in [-0.2, 0) is 30.8 Å². The van der Waals surface area contributed by atoms with Crippen LogP contribution < -0.4 is 0 Å². The molecule has 0 fully saturated rings. The molecule has 6 heteroatoms. The molecule has 3 rings (SSSR count). The summed E-state index contributed by atoms with van der Waals surface area (Å²) in [6.07, 6.45) is 0. The molecule has 0 amide bonds. The molecule has 2 N–H and O–H groups in total. The summed E-state index contributed by atoms with van der Waals surface area (Å²) >= 11 is 3.94. The smallest absolute Gasteiger partial charge is 0.119 e. The van der Waals surface area contributed by atoms with E-state index in [0.29, 0.717) is 11.5 Å². The summed E-state index contributed by atoms with van der Waals surface area (Å²) < 4.78 is 2.15.